The van der Waals surface area contributed by atoms with Gasteiger partial charge in [-0.3, -0.25) is 4.79 Å². The monoisotopic (exact) mass is 217 g/mol. The van der Waals surface area contributed by atoms with Gasteiger partial charge in [0, 0.05) is 32.4 Å². The second-order valence-corrected chi connectivity index (χ2v) is 3.78. The second kappa shape index (κ2) is 4.79. The van der Waals surface area contributed by atoms with Gasteiger partial charge in [-0.05, 0) is 17.7 Å². The minimum atomic E-state index is 0.772. The van der Waals surface area contributed by atoms with Gasteiger partial charge in [-0.1, -0.05) is 12.7 Å². The molecule has 0 bridgehead atoms. The molecule has 1 saturated heterocycles. The molecule has 2 rings (SSSR count). The molecule has 0 aliphatic carbocycles. The van der Waals surface area contributed by atoms with Gasteiger partial charge in [0.1, 0.15) is 5.82 Å². The highest BCUT2D eigenvalue weighted by Gasteiger charge is 2.16. The Morgan fingerprint density at radius 1 is 1.25 bits per heavy atom. The number of pyridine rings is 1. The molecule has 4 heteroatoms. The largest absolute Gasteiger partial charge is 0.353 e. The van der Waals surface area contributed by atoms with Crippen molar-refractivity contribution in [1.82, 2.24) is 9.88 Å². The fourth-order valence-corrected chi connectivity index (χ4v) is 1.76. The summed E-state index contributed by atoms with van der Waals surface area (Å²) in [6, 6.07) is 4.00. The Labute approximate surface area is 95.2 Å². The van der Waals surface area contributed by atoms with Crippen molar-refractivity contribution in [3.63, 3.8) is 0 Å². The van der Waals surface area contributed by atoms with E-state index in [1.807, 2.05) is 18.3 Å². The number of hydrogen-bond acceptors (Lipinski definition) is 3. The van der Waals surface area contributed by atoms with E-state index in [-0.39, 0.29) is 0 Å². The lowest BCUT2D eigenvalue weighted by Gasteiger charge is -2.33. The molecule has 0 atom stereocenters. The molecule has 0 N–H and O–H groups in total. The van der Waals surface area contributed by atoms with Crippen LogP contribution >= 0.6 is 0 Å². The minimum Gasteiger partial charge on any atom is -0.353 e. The van der Waals surface area contributed by atoms with E-state index in [1.54, 1.807) is 11.0 Å². The number of rotatable bonds is 3. The Balaban J connectivity index is 2.02. The predicted octanol–water partition coefficient (Wildman–Crippen LogP) is 1.00. The van der Waals surface area contributed by atoms with Crippen LogP contribution in [0.25, 0.3) is 6.08 Å². The number of piperazine rings is 1. The van der Waals surface area contributed by atoms with Crippen molar-refractivity contribution in [2.45, 2.75) is 0 Å². The zero-order valence-corrected chi connectivity index (χ0v) is 9.17. The zero-order chi connectivity index (χ0) is 11.4. The summed E-state index contributed by atoms with van der Waals surface area (Å²) in [5.41, 5.74) is 1.02. The Morgan fingerprint density at radius 3 is 2.50 bits per heavy atom. The standard InChI is InChI=1S/C12H15N3O/c1-2-11-3-4-12(13-9-11)15-7-5-14(10-16)6-8-15/h2-4,9-10H,1,5-8H2. The van der Waals surface area contributed by atoms with E-state index in [1.165, 1.54) is 0 Å². The van der Waals surface area contributed by atoms with Crippen molar-refractivity contribution < 1.29 is 4.79 Å². The molecule has 0 aromatic carbocycles. The Bertz CT molecular complexity index is 366. The van der Waals surface area contributed by atoms with Gasteiger partial charge in [-0.2, -0.15) is 0 Å². The first-order valence-electron chi connectivity index (χ1n) is 5.36. The summed E-state index contributed by atoms with van der Waals surface area (Å²) in [5.74, 6) is 0.969. The van der Waals surface area contributed by atoms with Crippen molar-refractivity contribution in [3.05, 3.63) is 30.5 Å². The SMILES string of the molecule is C=Cc1ccc(N2CCN(C=O)CC2)nc1. The van der Waals surface area contributed by atoms with E-state index < -0.39 is 0 Å². The van der Waals surface area contributed by atoms with E-state index in [9.17, 15) is 4.79 Å². The zero-order valence-electron chi connectivity index (χ0n) is 9.17. The number of carbonyl (C=O) groups excluding carboxylic acids is 1. The summed E-state index contributed by atoms with van der Waals surface area (Å²) in [6.45, 7) is 6.93. The Kier molecular flexibility index (Phi) is 3.19. The van der Waals surface area contributed by atoms with Crippen LogP contribution in [0.2, 0.25) is 0 Å². The van der Waals surface area contributed by atoms with Gasteiger partial charge in [-0.25, -0.2) is 4.98 Å². The van der Waals surface area contributed by atoms with Crippen molar-refractivity contribution in [3.8, 4) is 0 Å². The first kappa shape index (κ1) is 10.7. The van der Waals surface area contributed by atoms with Crippen LogP contribution < -0.4 is 4.90 Å². The highest BCUT2D eigenvalue weighted by molar-refractivity contribution is 5.51. The predicted molar refractivity (Wildman–Crippen MR) is 64.2 cm³/mol. The average molecular weight is 217 g/mol. The summed E-state index contributed by atoms with van der Waals surface area (Å²) in [7, 11) is 0. The smallest absolute Gasteiger partial charge is 0.209 e. The van der Waals surface area contributed by atoms with Crippen LogP contribution in [0.4, 0.5) is 5.82 Å². The van der Waals surface area contributed by atoms with Gasteiger partial charge in [0.25, 0.3) is 0 Å². The molecule has 1 amide bonds. The molecule has 16 heavy (non-hydrogen) atoms. The Hall–Kier alpha value is -1.84. The number of nitrogens with zero attached hydrogens (tertiary/aromatic N) is 3. The van der Waals surface area contributed by atoms with Gasteiger partial charge >= 0.3 is 0 Å². The summed E-state index contributed by atoms with van der Waals surface area (Å²) < 4.78 is 0. The van der Waals surface area contributed by atoms with Gasteiger partial charge < -0.3 is 9.80 Å². The molecule has 0 spiro atoms. The number of aromatic nitrogens is 1. The maximum absolute atomic E-state index is 10.6. The number of anilines is 1. The summed E-state index contributed by atoms with van der Waals surface area (Å²) >= 11 is 0. The maximum atomic E-state index is 10.6. The first-order valence-corrected chi connectivity index (χ1v) is 5.36. The molecule has 84 valence electrons. The lowest BCUT2D eigenvalue weighted by atomic mass is 10.2. The number of hydrogen-bond donors (Lipinski definition) is 0. The van der Waals surface area contributed by atoms with Crippen LogP contribution in [0.5, 0.6) is 0 Å². The third-order valence-electron chi connectivity index (χ3n) is 2.79. The molecule has 4 nitrogen and oxygen atoms in total. The van der Waals surface area contributed by atoms with Gasteiger partial charge in [0.2, 0.25) is 6.41 Å². The molecule has 1 aliphatic heterocycles. The fourth-order valence-electron chi connectivity index (χ4n) is 1.76. The average Bonchev–Trinajstić information content (AvgIpc) is 2.39. The number of amides is 1. The quantitative estimate of drug-likeness (QED) is 0.709. The first-order chi connectivity index (χ1) is 7.83. The van der Waals surface area contributed by atoms with Gasteiger partial charge in [-0.15, -0.1) is 0 Å². The third kappa shape index (κ3) is 2.21. The summed E-state index contributed by atoms with van der Waals surface area (Å²) in [5, 5.41) is 0. The van der Waals surface area contributed by atoms with Crippen LogP contribution in [0, 0.1) is 0 Å². The molecule has 1 aromatic heterocycles. The van der Waals surface area contributed by atoms with Crippen molar-refractivity contribution >= 4 is 18.3 Å². The van der Waals surface area contributed by atoms with Crippen LogP contribution in [-0.2, 0) is 4.79 Å². The van der Waals surface area contributed by atoms with Crippen LogP contribution in [0.3, 0.4) is 0 Å². The maximum Gasteiger partial charge on any atom is 0.209 e. The molecular weight excluding hydrogens is 202 g/mol. The lowest BCUT2D eigenvalue weighted by Crippen LogP contribution is -2.46. The topological polar surface area (TPSA) is 36.4 Å². The second-order valence-electron chi connectivity index (χ2n) is 3.78. The summed E-state index contributed by atoms with van der Waals surface area (Å²) in [4.78, 5) is 18.9. The molecule has 1 aliphatic rings. The molecule has 1 fully saturated rings. The number of carbonyl (C=O) groups is 1. The van der Waals surface area contributed by atoms with Crippen LogP contribution in [-0.4, -0.2) is 42.5 Å². The van der Waals surface area contributed by atoms with Crippen LogP contribution in [0.1, 0.15) is 5.56 Å². The molecule has 2 heterocycles. The lowest BCUT2D eigenvalue weighted by molar-refractivity contribution is -0.118. The van der Waals surface area contributed by atoms with E-state index in [0.717, 1.165) is 44.0 Å². The van der Waals surface area contributed by atoms with E-state index >= 15 is 0 Å². The van der Waals surface area contributed by atoms with Crippen molar-refractivity contribution in [2.75, 3.05) is 31.1 Å². The third-order valence-corrected chi connectivity index (χ3v) is 2.79. The fraction of sp³-hybridized carbons (Fsp3) is 0.333. The van der Waals surface area contributed by atoms with Gasteiger partial charge in [0.05, 0.1) is 0 Å². The molecule has 0 saturated carbocycles. The minimum absolute atomic E-state index is 0.772. The van der Waals surface area contributed by atoms with Crippen LogP contribution in [0.15, 0.2) is 24.9 Å². The van der Waals surface area contributed by atoms with Gasteiger partial charge in [0.15, 0.2) is 0 Å². The van der Waals surface area contributed by atoms with Crippen molar-refractivity contribution in [1.29, 1.82) is 0 Å². The van der Waals surface area contributed by atoms with E-state index in [0.29, 0.717) is 0 Å². The van der Waals surface area contributed by atoms with E-state index in [2.05, 4.69) is 16.5 Å². The van der Waals surface area contributed by atoms with Crippen molar-refractivity contribution in [2.24, 2.45) is 0 Å². The highest BCUT2D eigenvalue weighted by Crippen LogP contribution is 2.13. The highest BCUT2D eigenvalue weighted by atomic mass is 16.1. The summed E-state index contributed by atoms with van der Waals surface area (Å²) in [6.07, 6.45) is 4.50. The molecule has 1 aromatic rings. The normalized spacial score (nSPS) is 16.0. The molecule has 0 radical (unpaired) electrons. The molecule has 0 unspecified atom stereocenters. The molecular formula is C12H15N3O. The Morgan fingerprint density at radius 2 is 2.00 bits per heavy atom. The van der Waals surface area contributed by atoms with E-state index in [4.69, 9.17) is 0 Å².